The van der Waals surface area contributed by atoms with Crippen LogP contribution in [0, 0.1) is 11.3 Å². The Labute approximate surface area is 162 Å². The summed E-state index contributed by atoms with van der Waals surface area (Å²) in [6, 6.07) is 9.19. The van der Waals surface area contributed by atoms with Crippen LogP contribution in [0.25, 0.3) is 0 Å². The van der Waals surface area contributed by atoms with E-state index in [-0.39, 0.29) is 34.2 Å². The number of anilines is 1. The average molecular weight is 386 g/mol. The average Bonchev–Trinajstić information content (AvgIpc) is 3.00. The van der Waals surface area contributed by atoms with Crippen LogP contribution in [-0.2, 0) is 22.5 Å². The number of hydrogen-bond acceptors (Lipinski definition) is 7. The van der Waals surface area contributed by atoms with Gasteiger partial charge in [-0.05, 0) is 37.5 Å². The first-order valence-corrected chi connectivity index (χ1v) is 9.57. The molecule has 2 aromatic rings. The van der Waals surface area contributed by atoms with Crippen LogP contribution in [-0.4, -0.2) is 18.5 Å². The molecule has 0 fully saturated rings. The highest BCUT2D eigenvalue weighted by atomic mass is 32.1. The van der Waals surface area contributed by atoms with Crippen LogP contribution in [0.4, 0.5) is 5.00 Å². The number of aryl methyl sites for hydroxylation is 1. The number of rotatable bonds is 8. The summed E-state index contributed by atoms with van der Waals surface area (Å²) in [6.07, 6.45) is 3.17. The lowest BCUT2D eigenvalue weighted by molar-refractivity contribution is 0.0452. The highest BCUT2D eigenvalue weighted by Crippen LogP contribution is 2.32. The molecule has 0 bridgehead atoms. The molecule has 0 spiro atoms. The van der Waals surface area contributed by atoms with E-state index in [1.165, 1.54) is 0 Å². The Balaban J connectivity index is 2.12. The molecule has 0 aliphatic rings. The molecule has 0 atom stereocenters. The van der Waals surface area contributed by atoms with Crippen molar-refractivity contribution in [2.75, 3.05) is 12.3 Å². The van der Waals surface area contributed by atoms with Crippen LogP contribution in [0.5, 0.6) is 0 Å². The van der Waals surface area contributed by atoms with Gasteiger partial charge in [0.25, 0.3) is 0 Å². The highest BCUT2D eigenvalue weighted by molar-refractivity contribution is 7.18. The number of hydrogen-bond donors (Lipinski definition) is 1. The molecule has 6 nitrogen and oxygen atoms in total. The molecule has 27 heavy (non-hydrogen) atoms. The quantitative estimate of drug-likeness (QED) is 0.686. The summed E-state index contributed by atoms with van der Waals surface area (Å²) in [5.74, 6) is -1.11. The first-order chi connectivity index (χ1) is 13.0. The summed E-state index contributed by atoms with van der Waals surface area (Å²) in [4.78, 5) is 24.6. The van der Waals surface area contributed by atoms with Crippen LogP contribution in [0.3, 0.4) is 0 Å². The van der Waals surface area contributed by atoms with E-state index < -0.39 is 11.9 Å². The van der Waals surface area contributed by atoms with E-state index in [1.807, 2.05) is 18.2 Å². The molecule has 0 saturated heterocycles. The minimum Gasteiger partial charge on any atom is -0.462 e. The number of carbonyl (C=O) groups is 2. The predicted octanol–water partition coefficient (Wildman–Crippen LogP) is 4.08. The van der Waals surface area contributed by atoms with Gasteiger partial charge in [0.2, 0.25) is 0 Å². The molecule has 2 rings (SSSR count). The lowest BCUT2D eigenvalue weighted by Gasteiger charge is -2.07. The van der Waals surface area contributed by atoms with Crippen molar-refractivity contribution in [1.82, 2.24) is 0 Å². The van der Waals surface area contributed by atoms with Gasteiger partial charge >= 0.3 is 11.9 Å². The molecular weight excluding hydrogens is 364 g/mol. The Hall–Kier alpha value is -2.85. The predicted molar refractivity (Wildman–Crippen MR) is 104 cm³/mol. The van der Waals surface area contributed by atoms with Crippen LogP contribution in [0.15, 0.2) is 24.3 Å². The van der Waals surface area contributed by atoms with Crippen LogP contribution < -0.4 is 5.73 Å². The van der Waals surface area contributed by atoms with Crippen molar-refractivity contribution in [2.24, 2.45) is 0 Å². The van der Waals surface area contributed by atoms with E-state index in [2.05, 4.69) is 6.92 Å². The lowest BCUT2D eigenvalue weighted by Crippen LogP contribution is -2.10. The van der Waals surface area contributed by atoms with Gasteiger partial charge in [-0.2, -0.15) is 5.26 Å². The molecule has 1 aromatic heterocycles. The van der Waals surface area contributed by atoms with Crippen molar-refractivity contribution in [3.05, 3.63) is 51.4 Å². The Bertz CT molecular complexity index is 850. The highest BCUT2D eigenvalue weighted by Gasteiger charge is 2.24. The standard InChI is InChI=1S/C20H22N2O4S/c1-3-5-6-13-7-9-14(10-8-13)19(23)26-12-16-15(11-21)18(22)27-17(16)20(24)25-4-2/h7-10H,3-6,12,22H2,1-2H3. The maximum atomic E-state index is 12.3. The zero-order valence-electron chi connectivity index (χ0n) is 15.4. The maximum absolute atomic E-state index is 12.3. The molecule has 7 heteroatoms. The molecule has 0 radical (unpaired) electrons. The first-order valence-electron chi connectivity index (χ1n) is 8.76. The number of benzene rings is 1. The first kappa shape index (κ1) is 20.5. The van der Waals surface area contributed by atoms with Crippen molar-refractivity contribution < 1.29 is 19.1 Å². The van der Waals surface area contributed by atoms with Crippen LogP contribution in [0.2, 0.25) is 0 Å². The fourth-order valence-electron chi connectivity index (χ4n) is 2.52. The zero-order chi connectivity index (χ0) is 19.8. The lowest BCUT2D eigenvalue weighted by atomic mass is 10.1. The van der Waals surface area contributed by atoms with Crippen LogP contribution >= 0.6 is 11.3 Å². The third-order valence-corrected chi connectivity index (χ3v) is 5.00. The van der Waals surface area contributed by atoms with Gasteiger partial charge in [0.15, 0.2) is 0 Å². The van der Waals surface area contributed by atoms with Gasteiger partial charge in [0.1, 0.15) is 22.6 Å². The van der Waals surface area contributed by atoms with Gasteiger partial charge in [-0.3, -0.25) is 0 Å². The van der Waals surface area contributed by atoms with E-state index in [0.717, 1.165) is 36.2 Å². The van der Waals surface area contributed by atoms with Crippen molar-refractivity contribution >= 4 is 28.3 Å². The van der Waals surface area contributed by atoms with Gasteiger partial charge in [-0.15, -0.1) is 11.3 Å². The topological polar surface area (TPSA) is 102 Å². The molecule has 0 unspecified atom stereocenters. The van der Waals surface area contributed by atoms with Crippen molar-refractivity contribution in [2.45, 2.75) is 39.7 Å². The van der Waals surface area contributed by atoms with E-state index in [4.69, 9.17) is 15.2 Å². The molecule has 1 heterocycles. The Morgan fingerprint density at radius 2 is 1.85 bits per heavy atom. The summed E-state index contributed by atoms with van der Waals surface area (Å²) in [7, 11) is 0. The van der Waals surface area contributed by atoms with Gasteiger partial charge in [0.05, 0.1) is 17.7 Å². The SMILES string of the molecule is CCCCc1ccc(C(=O)OCc2c(C(=O)OCC)sc(N)c2C#N)cc1. The number of nitrogens with two attached hydrogens (primary N) is 1. The number of unbranched alkanes of at least 4 members (excludes halogenated alkanes) is 1. The smallest absolute Gasteiger partial charge is 0.348 e. The van der Waals surface area contributed by atoms with Crippen LogP contribution in [0.1, 0.15) is 63.4 Å². The third kappa shape index (κ3) is 5.08. The second-order valence-electron chi connectivity index (χ2n) is 5.86. The largest absolute Gasteiger partial charge is 0.462 e. The van der Waals surface area contributed by atoms with Crippen molar-refractivity contribution in [3.8, 4) is 6.07 Å². The molecule has 0 saturated carbocycles. The zero-order valence-corrected chi connectivity index (χ0v) is 16.2. The normalized spacial score (nSPS) is 10.3. The molecule has 0 aliphatic carbocycles. The van der Waals surface area contributed by atoms with E-state index >= 15 is 0 Å². The Kier molecular flexibility index (Phi) is 7.38. The van der Waals surface area contributed by atoms with Gasteiger partial charge < -0.3 is 15.2 Å². The fourth-order valence-corrected chi connectivity index (χ4v) is 3.43. The third-order valence-electron chi connectivity index (χ3n) is 3.96. The van der Waals surface area contributed by atoms with E-state index in [0.29, 0.717) is 5.56 Å². The number of nitriles is 1. The van der Waals surface area contributed by atoms with Gasteiger partial charge in [-0.1, -0.05) is 25.5 Å². The summed E-state index contributed by atoms with van der Waals surface area (Å²) < 4.78 is 10.3. The number of esters is 2. The number of nitrogen functional groups attached to an aromatic ring is 1. The molecule has 2 N–H and O–H groups in total. The molecule has 0 amide bonds. The van der Waals surface area contributed by atoms with Crippen molar-refractivity contribution in [3.63, 3.8) is 0 Å². The molecule has 0 aliphatic heterocycles. The second-order valence-corrected chi connectivity index (χ2v) is 6.91. The minimum absolute atomic E-state index is 0.144. The Morgan fingerprint density at radius 3 is 2.44 bits per heavy atom. The molecular formula is C20H22N2O4S. The van der Waals surface area contributed by atoms with Crippen molar-refractivity contribution in [1.29, 1.82) is 5.26 Å². The maximum Gasteiger partial charge on any atom is 0.348 e. The van der Waals surface area contributed by atoms with E-state index in [9.17, 15) is 14.9 Å². The number of ether oxygens (including phenoxy) is 2. The number of nitrogens with zero attached hydrogens (tertiary/aromatic N) is 1. The monoisotopic (exact) mass is 386 g/mol. The summed E-state index contributed by atoms with van der Waals surface area (Å²) in [5, 5.41) is 9.49. The summed E-state index contributed by atoms with van der Waals surface area (Å²) >= 11 is 0.960. The van der Waals surface area contributed by atoms with Gasteiger partial charge in [0, 0.05) is 5.56 Å². The number of thiophene rings is 1. The second kappa shape index (κ2) is 9.74. The van der Waals surface area contributed by atoms with E-state index in [1.54, 1.807) is 19.1 Å². The fraction of sp³-hybridized carbons (Fsp3) is 0.350. The molecule has 1 aromatic carbocycles. The molecule has 142 valence electrons. The summed E-state index contributed by atoms with van der Waals surface area (Å²) in [5.41, 5.74) is 7.81. The number of carbonyl (C=O) groups excluding carboxylic acids is 2. The minimum atomic E-state index is -0.581. The summed E-state index contributed by atoms with van der Waals surface area (Å²) in [6.45, 7) is 3.79. The van der Waals surface area contributed by atoms with Gasteiger partial charge in [-0.25, -0.2) is 9.59 Å². The Morgan fingerprint density at radius 1 is 1.15 bits per heavy atom.